The van der Waals surface area contributed by atoms with Crippen LogP contribution in [0, 0.1) is 0 Å². The normalized spacial score (nSPS) is 10.6. The van der Waals surface area contributed by atoms with Crippen LogP contribution < -0.4 is 10.1 Å². The first-order chi connectivity index (χ1) is 14.2. The smallest absolute Gasteiger partial charge is 0.374 e. The van der Waals surface area contributed by atoms with Crippen LogP contribution in [0.3, 0.4) is 0 Å². The largest absolute Gasteiger partial charge is 0.486 e. The van der Waals surface area contributed by atoms with E-state index in [1.807, 2.05) is 30.3 Å². The maximum absolute atomic E-state index is 12.1. The second-order valence-electron chi connectivity index (χ2n) is 5.93. The van der Waals surface area contributed by atoms with Crippen molar-refractivity contribution in [2.24, 2.45) is 0 Å². The molecule has 4 rings (SSSR count). The molecule has 29 heavy (non-hydrogen) atoms. The lowest BCUT2D eigenvalue weighted by atomic mass is 10.2. The number of hydrogen-bond donors (Lipinski definition) is 1. The van der Waals surface area contributed by atoms with Crippen molar-refractivity contribution in [3.8, 4) is 5.75 Å². The van der Waals surface area contributed by atoms with Crippen LogP contribution in [0.4, 0.5) is 5.69 Å². The Labute approximate surface area is 169 Å². The Kier molecular flexibility index (Phi) is 5.48. The van der Waals surface area contributed by atoms with E-state index in [0.717, 1.165) is 11.7 Å². The molecule has 0 bridgehead atoms. The molecule has 1 N–H and O–H groups in total. The number of amides is 1. The standard InChI is InChI=1S/C20H15N3O5S/c24-18(21-15-7-4-8-16-19(15)23-29-22-16)12-27-20(25)17-10-9-14(28-17)11-26-13-5-2-1-3-6-13/h1-10H,11-12H2,(H,21,24). The van der Waals surface area contributed by atoms with E-state index in [2.05, 4.69) is 14.1 Å². The van der Waals surface area contributed by atoms with Crippen molar-refractivity contribution in [2.75, 3.05) is 11.9 Å². The second kappa shape index (κ2) is 8.53. The summed E-state index contributed by atoms with van der Waals surface area (Å²) in [7, 11) is 0. The number of ether oxygens (including phenoxy) is 2. The zero-order chi connectivity index (χ0) is 20.1. The molecule has 0 saturated heterocycles. The number of anilines is 1. The number of furan rings is 1. The topological polar surface area (TPSA) is 104 Å². The third kappa shape index (κ3) is 4.58. The van der Waals surface area contributed by atoms with Gasteiger partial charge in [0.05, 0.1) is 17.4 Å². The average Bonchev–Trinajstić information content (AvgIpc) is 3.41. The van der Waals surface area contributed by atoms with Crippen LogP contribution >= 0.6 is 11.7 Å². The summed E-state index contributed by atoms with van der Waals surface area (Å²) in [6.45, 7) is -0.285. The Hall–Kier alpha value is -3.72. The van der Waals surface area contributed by atoms with Crippen LogP contribution in [0.5, 0.6) is 5.75 Å². The van der Waals surface area contributed by atoms with E-state index in [1.165, 1.54) is 6.07 Å². The molecule has 0 aliphatic rings. The average molecular weight is 409 g/mol. The first-order valence-corrected chi connectivity index (χ1v) is 9.37. The minimum atomic E-state index is -0.736. The number of para-hydroxylation sites is 1. The van der Waals surface area contributed by atoms with Crippen LogP contribution in [-0.2, 0) is 16.1 Å². The van der Waals surface area contributed by atoms with E-state index in [0.29, 0.717) is 28.2 Å². The van der Waals surface area contributed by atoms with Crippen LogP contribution in [0.2, 0.25) is 0 Å². The van der Waals surface area contributed by atoms with Crippen molar-refractivity contribution in [1.29, 1.82) is 0 Å². The van der Waals surface area contributed by atoms with Crippen LogP contribution in [0.15, 0.2) is 65.1 Å². The number of carbonyl (C=O) groups is 2. The van der Waals surface area contributed by atoms with Crippen molar-refractivity contribution < 1.29 is 23.5 Å². The van der Waals surface area contributed by atoms with E-state index < -0.39 is 18.5 Å². The number of aromatic nitrogens is 2. The molecule has 0 fully saturated rings. The van der Waals surface area contributed by atoms with E-state index in [1.54, 1.807) is 24.3 Å². The Morgan fingerprint density at radius 3 is 2.72 bits per heavy atom. The Morgan fingerprint density at radius 1 is 1.00 bits per heavy atom. The molecule has 0 spiro atoms. The number of rotatable bonds is 7. The lowest BCUT2D eigenvalue weighted by Gasteiger charge is -2.06. The van der Waals surface area contributed by atoms with Gasteiger partial charge in [-0.1, -0.05) is 24.3 Å². The first-order valence-electron chi connectivity index (χ1n) is 8.64. The number of fused-ring (bicyclic) bond motifs is 1. The summed E-state index contributed by atoms with van der Waals surface area (Å²) < 4.78 is 24.2. The third-order valence-corrected chi connectivity index (χ3v) is 4.42. The van der Waals surface area contributed by atoms with Gasteiger partial charge in [-0.15, -0.1) is 0 Å². The molecule has 2 aromatic carbocycles. The molecular formula is C20H15N3O5S. The van der Waals surface area contributed by atoms with Crippen LogP contribution in [-0.4, -0.2) is 27.2 Å². The summed E-state index contributed by atoms with van der Waals surface area (Å²) in [4.78, 5) is 24.2. The Bertz CT molecular complexity index is 1140. The zero-order valence-electron chi connectivity index (χ0n) is 15.0. The maximum Gasteiger partial charge on any atom is 0.374 e. The molecule has 0 aliphatic heterocycles. The molecule has 4 aromatic rings. The molecule has 0 atom stereocenters. The van der Waals surface area contributed by atoms with Crippen molar-refractivity contribution in [3.05, 3.63) is 72.2 Å². The van der Waals surface area contributed by atoms with Crippen molar-refractivity contribution in [3.63, 3.8) is 0 Å². The Morgan fingerprint density at radius 2 is 1.86 bits per heavy atom. The predicted octanol–water partition coefficient (Wildman–Crippen LogP) is 3.66. The molecule has 2 aromatic heterocycles. The number of benzene rings is 2. The summed E-state index contributed by atoms with van der Waals surface area (Å²) in [5, 5.41) is 2.66. The Balaban J connectivity index is 1.29. The highest BCUT2D eigenvalue weighted by Crippen LogP contribution is 2.21. The molecular weight excluding hydrogens is 394 g/mol. The second-order valence-corrected chi connectivity index (χ2v) is 6.46. The van der Waals surface area contributed by atoms with Gasteiger partial charge in [0, 0.05) is 0 Å². The van der Waals surface area contributed by atoms with Gasteiger partial charge in [0.2, 0.25) is 5.76 Å². The van der Waals surface area contributed by atoms with Gasteiger partial charge in [0.25, 0.3) is 5.91 Å². The lowest BCUT2D eigenvalue weighted by molar-refractivity contribution is -0.119. The molecule has 2 heterocycles. The molecule has 146 valence electrons. The molecule has 0 unspecified atom stereocenters. The van der Waals surface area contributed by atoms with Gasteiger partial charge < -0.3 is 19.2 Å². The van der Waals surface area contributed by atoms with Crippen molar-refractivity contribution >= 4 is 40.3 Å². The van der Waals surface area contributed by atoms with E-state index in [-0.39, 0.29) is 12.4 Å². The molecule has 0 radical (unpaired) electrons. The molecule has 1 amide bonds. The fraction of sp³-hybridized carbons (Fsp3) is 0.100. The third-order valence-electron chi connectivity index (χ3n) is 3.88. The fourth-order valence-corrected chi connectivity index (χ4v) is 3.08. The summed E-state index contributed by atoms with van der Waals surface area (Å²) in [5.74, 6) is -0.0732. The highest BCUT2D eigenvalue weighted by atomic mass is 32.1. The van der Waals surface area contributed by atoms with Gasteiger partial charge >= 0.3 is 5.97 Å². The first kappa shape index (κ1) is 18.6. The number of nitrogens with zero attached hydrogens (tertiary/aromatic N) is 2. The minimum absolute atomic E-state index is 0.00438. The van der Waals surface area contributed by atoms with E-state index in [4.69, 9.17) is 13.9 Å². The van der Waals surface area contributed by atoms with Crippen molar-refractivity contribution in [1.82, 2.24) is 8.75 Å². The van der Waals surface area contributed by atoms with Gasteiger partial charge in [0.1, 0.15) is 29.2 Å². The SMILES string of the molecule is O=C(COC(=O)c1ccc(COc2ccccc2)o1)Nc1cccc2nsnc12. The summed E-state index contributed by atoms with van der Waals surface area (Å²) in [6, 6.07) is 17.6. The monoisotopic (exact) mass is 409 g/mol. The fourth-order valence-electron chi connectivity index (χ4n) is 2.53. The van der Waals surface area contributed by atoms with Gasteiger partial charge in [-0.2, -0.15) is 8.75 Å². The van der Waals surface area contributed by atoms with Crippen LogP contribution in [0.1, 0.15) is 16.3 Å². The van der Waals surface area contributed by atoms with Gasteiger partial charge in [0.15, 0.2) is 6.61 Å². The minimum Gasteiger partial charge on any atom is -0.486 e. The predicted molar refractivity (Wildman–Crippen MR) is 106 cm³/mol. The van der Waals surface area contributed by atoms with E-state index >= 15 is 0 Å². The molecule has 9 heteroatoms. The quantitative estimate of drug-likeness (QED) is 0.465. The van der Waals surface area contributed by atoms with Gasteiger partial charge in [-0.25, -0.2) is 4.79 Å². The number of nitrogens with one attached hydrogen (secondary N) is 1. The van der Waals surface area contributed by atoms with Crippen molar-refractivity contribution in [2.45, 2.75) is 6.61 Å². The van der Waals surface area contributed by atoms with Crippen LogP contribution in [0.25, 0.3) is 11.0 Å². The highest BCUT2D eigenvalue weighted by molar-refractivity contribution is 7.00. The zero-order valence-corrected chi connectivity index (χ0v) is 15.8. The number of carbonyl (C=O) groups excluding carboxylic acids is 2. The molecule has 0 aliphatic carbocycles. The summed E-state index contributed by atoms with van der Waals surface area (Å²) >= 11 is 1.06. The number of hydrogen-bond acceptors (Lipinski definition) is 8. The van der Waals surface area contributed by atoms with E-state index in [9.17, 15) is 9.59 Å². The summed E-state index contributed by atoms with van der Waals surface area (Å²) in [5.41, 5.74) is 1.78. The molecule has 0 saturated carbocycles. The lowest BCUT2D eigenvalue weighted by Crippen LogP contribution is -2.20. The van der Waals surface area contributed by atoms with Gasteiger partial charge in [-0.3, -0.25) is 4.79 Å². The molecule has 8 nitrogen and oxygen atoms in total. The number of esters is 1. The highest BCUT2D eigenvalue weighted by Gasteiger charge is 2.16. The van der Waals surface area contributed by atoms with Gasteiger partial charge in [-0.05, 0) is 36.4 Å². The maximum atomic E-state index is 12.1. The summed E-state index contributed by atoms with van der Waals surface area (Å²) in [6.07, 6.45) is 0.